The second-order valence-corrected chi connectivity index (χ2v) is 7.75. The summed E-state index contributed by atoms with van der Waals surface area (Å²) in [6.45, 7) is 0. The Morgan fingerprint density at radius 1 is 0.562 bits per heavy atom. The van der Waals surface area contributed by atoms with Crippen LogP contribution in [0.5, 0.6) is 11.5 Å². The fourth-order valence-corrected chi connectivity index (χ4v) is 4.55. The van der Waals surface area contributed by atoms with E-state index < -0.39 is 5.78 Å². The fraction of sp³-hybridized carbons (Fsp3) is 0. The van der Waals surface area contributed by atoms with Gasteiger partial charge in [0.15, 0.2) is 5.78 Å². The SMILES string of the molecule is O=C1c2ccccc2C(=O)c2c1nc(-c1ccccc1)c1c(O)c3ccccc3c(O)c21. The van der Waals surface area contributed by atoms with E-state index in [1.807, 2.05) is 30.3 Å². The van der Waals surface area contributed by atoms with Gasteiger partial charge in [0.05, 0.1) is 16.6 Å². The maximum Gasteiger partial charge on any atom is 0.212 e. The van der Waals surface area contributed by atoms with Gasteiger partial charge in [-0.3, -0.25) is 9.59 Å². The average Bonchev–Trinajstić information content (AvgIpc) is 2.85. The van der Waals surface area contributed by atoms with Crippen molar-refractivity contribution in [3.05, 3.63) is 101 Å². The largest absolute Gasteiger partial charge is 0.507 e. The number of ketones is 2. The molecule has 0 atom stereocenters. The van der Waals surface area contributed by atoms with Crippen LogP contribution in [0, 0.1) is 0 Å². The minimum atomic E-state index is -0.405. The van der Waals surface area contributed by atoms with Gasteiger partial charge in [-0.15, -0.1) is 0 Å². The lowest BCUT2D eigenvalue weighted by Crippen LogP contribution is -2.23. The number of nitrogens with zero attached hydrogens (tertiary/aromatic N) is 1. The first-order valence-electron chi connectivity index (χ1n) is 10.1. The Morgan fingerprint density at radius 3 is 1.75 bits per heavy atom. The third-order valence-electron chi connectivity index (χ3n) is 6.01. The highest BCUT2D eigenvalue weighted by molar-refractivity contribution is 6.34. The highest BCUT2D eigenvalue weighted by Crippen LogP contribution is 2.48. The molecule has 1 aromatic heterocycles. The van der Waals surface area contributed by atoms with Gasteiger partial charge in [-0.25, -0.2) is 4.98 Å². The lowest BCUT2D eigenvalue weighted by atomic mass is 9.82. The Bertz CT molecular complexity index is 1620. The summed E-state index contributed by atoms with van der Waals surface area (Å²) in [4.78, 5) is 31.5. The molecule has 152 valence electrons. The highest BCUT2D eigenvalue weighted by Gasteiger charge is 2.35. The fourth-order valence-electron chi connectivity index (χ4n) is 4.55. The molecule has 1 aliphatic carbocycles. The van der Waals surface area contributed by atoms with Crippen LogP contribution in [-0.2, 0) is 0 Å². The number of phenols is 2. The molecule has 6 rings (SSSR count). The number of fused-ring (bicyclic) bond motifs is 5. The third-order valence-corrected chi connectivity index (χ3v) is 6.01. The zero-order valence-corrected chi connectivity index (χ0v) is 16.7. The monoisotopic (exact) mass is 417 g/mol. The van der Waals surface area contributed by atoms with Gasteiger partial charge in [0.1, 0.15) is 17.2 Å². The minimum Gasteiger partial charge on any atom is -0.507 e. The second-order valence-electron chi connectivity index (χ2n) is 7.75. The summed E-state index contributed by atoms with van der Waals surface area (Å²) < 4.78 is 0. The Labute approximate surface area is 182 Å². The topological polar surface area (TPSA) is 87.5 Å². The number of carbonyl (C=O) groups is 2. The molecular formula is C27H15NO4. The van der Waals surface area contributed by atoms with Crippen LogP contribution >= 0.6 is 0 Å². The van der Waals surface area contributed by atoms with E-state index in [0.29, 0.717) is 22.0 Å². The van der Waals surface area contributed by atoms with E-state index in [1.165, 1.54) is 0 Å². The van der Waals surface area contributed by atoms with Crippen molar-refractivity contribution >= 4 is 33.1 Å². The van der Waals surface area contributed by atoms with Gasteiger partial charge in [-0.05, 0) is 0 Å². The van der Waals surface area contributed by atoms with Gasteiger partial charge < -0.3 is 10.2 Å². The summed E-state index contributed by atoms with van der Waals surface area (Å²) in [5.41, 5.74) is 1.52. The molecule has 4 aromatic carbocycles. The predicted octanol–water partition coefficient (Wildman–Crippen LogP) is 5.24. The first kappa shape index (κ1) is 18.3. The smallest absolute Gasteiger partial charge is 0.212 e. The molecule has 0 unspecified atom stereocenters. The van der Waals surface area contributed by atoms with Crippen molar-refractivity contribution < 1.29 is 19.8 Å². The van der Waals surface area contributed by atoms with Crippen LogP contribution < -0.4 is 0 Å². The van der Waals surface area contributed by atoms with Gasteiger partial charge in [-0.2, -0.15) is 0 Å². The molecule has 0 aliphatic heterocycles. The Balaban J connectivity index is 1.87. The summed E-state index contributed by atoms with van der Waals surface area (Å²) >= 11 is 0. The summed E-state index contributed by atoms with van der Waals surface area (Å²) in [6.07, 6.45) is 0. The molecule has 0 radical (unpaired) electrons. The number of aromatic nitrogens is 1. The quantitative estimate of drug-likeness (QED) is 0.282. The van der Waals surface area contributed by atoms with Crippen molar-refractivity contribution in [3.8, 4) is 22.8 Å². The lowest BCUT2D eigenvalue weighted by molar-refractivity contribution is 0.0976. The van der Waals surface area contributed by atoms with Gasteiger partial charge in [0.25, 0.3) is 0 Å². The zero-order valence-electron chi connectivity index (χ0n) is 16.7. The van der Waals surface area contributed by atoms with Gasteiger partial charge >= 0.3 is 0 Å². The molecule has 32 heavy (non-hydrogen) atoms. The maximum atomic E-state index is 13.5. The normalized spacial score (nSPS) is 12.8. The van der Waals surface area contributed by atoms with Crippen molar-refractivity contribution in [2.75, 3.05) is 0 Å². The van der Waals surface area contributed by atoms with E-state index in [1.54, 1.807) is 48.5 Å². The first-order chi connectivity index (χ1) is 15.6. The van der Waals surface area contributed by atoms with Gasteiger partial charge in [-0.1, -0.05) is 78.9 Å². The number of carbonyl (C=O) groups excluding carboxylic acids is 2. The Morgan fingerprint density at radius 2 is 1.09 bits per heavy atom. The van der Waals surface area contributed by atoms with E-state index in [0.717, 1.165) is 0 Å². The number of hydrogen-bond acceptors (Lipinski definition) is 5. The molecule has 0 spiro atoms. The number of aromatic hydroxyl groups is 2. The van der Waals surface area contributed by atoms with Crippen LogP contribution in [0.15, 0.2) is 78.9 Å². The molecule has 0 saturated heterocycles. The van der Waals surface area contributed by atoms with E-state index in [-0.39, 0.29) is 50.4 Å². The van der Waals surface area contributed by atoms with Crippen LogP contribution in [-0.4, -0.2) is 26.8 Å². The van der Waals surface area contributed by atoms with Crippen LogP contribution in [0.25, 0.3) is 32.8 Å². The molecular weight excluding hydrogens is 402 g/mol. The Kier molecular flexibility index (Phi) is 3.71. The zero-order chi connectivity index (χ0) is 22.0. The van der Waals surface area contributed by atoms with E-state index >= 15 is 0 Å². The average molecular weight is 417 g/mol. The van der Waals surface area contributed by atoms with Crippen molar-refractivity contribution in [2.45, 2.75) is 0 Å². The number of pyridine rings is 1. The predicted molar refractivity (Wildman–Crippen MR) is 121 cm³/mol. The van der Waals surface area contributed by atoms with Crippen molar-refractivity contribution in [1.82, 2.24) is 4.98 Å². The summed E-state index contributed by atoms with van der Waals surface area (Å²) in [7, 11) is 0. The number of rotatable bonds is 1. The summed E-state index contributed by atoms with van der Waals surface area (Å²) in [5.74, 6) is -1.05. The summed E-state index contributed by atoms with van der Waals surface area (Å²) in [6, 6.07) is 22.5. The van der Waals surface area contributed by atoms with Crippen molar-refractivity contribution in [3.63, 3.8) is 0 Å². The lowest BCUT2D eigenvalue weighted by Gasteiger charge is -2.22. The molecule has 0 saturated carbocycles. The molecule has 0 bridgehead atoms. The van der Waals surface area contributed by atoms with E-state index in [4.69, 9.17) is 0 Å². The van der Waals surface area contributed by atoms with Crippen molar-refractivity contribution in [1.29, 1.82) is 0 Å². The third kappa shape index (κ3) is 2.30. The molecule has 5 heteroatoms. The van der Waals surface area contributed by atoms with Crippen LogP contribution in [0.3, 0.4) is 0 Å². The van der Waals surface area contributed by atoms with E-state index in [2.05, 4.69) is 4.98 Å². The maximum absolute atomic E-state index is 13.5. The first-order valence-corrected chi connectivity index (χ1v) is 10.1. The van der Waals surface area contributed by atoms with E-state index in [9.17, 15) is 19.8 Å². The number of benzene rings is 4. The van der Waals surface area contributed by atoms with Gasteiger partial charge in [0.2, 0.25) is 5.78 Å². The molecule has 1 aliphatic rings. The number of hydrogen-bond donors (Lipinski definition) is 2. The standard InChI is InChI=1S/C27H15NO4/c29-24-15-10-4-5-11-16(15)25(30)20-19(24)21-23(28-22(20)14-8-2-1-3-9-14)27(32)18-13-7-6-12-17(18)26(21)31/h1-13,29-30H. The molecule has 0 amide bonds. The Hall–Kier alpha value is -4.51. The molecule has 5 aromatic rings. The minimum absolute atomic E-state index is 0.0157. The molecule has 1 heterocycles. The second kappa shape index (κ2) is 6.49. The summed E-state index contributed by atoms with van der Waals surface area (Å²) in [5, 5.41) is 23.8. The molecule has 5 nitrogen and oxygen atoms in total. The molecule has 2 N–H and O–H groups in total. The van der Waals surface area contributed by atoms with Crippen LogP contribution in [0.1, 0.15) is 32.0 Å². The van der Waals surface area contributed by atoms with Crippen LogP contribution in [0.2, 0.25) is 0 Å². The van der Waals surface area contributed by atoms with Gasteiger partial charge in [0, 0.05) is 32.8 Å². The highest BCUT2D eigenvalue weighted by atomic mass is 16.3. The molecule has 0 fully saturated rings. The van der Waals surface area contributed by atoms with Crippen LogP contribution in [0.4, 0.5) is 0 Å². The van der Waals surface area contributed by atoms with Crippen molar-refractivity contribution in [2.24, 2.45) is 0 Å². The number of phenolic OH excluding ortho intramolecular Hbond substituents is 2.